The van der Waals surface area contributed by atoms with Crippen molar-refractivity contribution in [3.8, 4) is 33.8 Å². The first-order valence-electron chi connectivity index (χ1n) is 17.1. The van der Waals surface area contributed by atoms with E-state index in [0.29, 0.717) is 8.45 Å². The Balaban J connectivity index is 0.00000193. The largest absolute Gasteiger partial charge is 1.00 e. The Morgan fingerprint density at radius 1 is 0.574 bits per heavy atom. The Morgan fingerprint density at radius 3 is 1.34 bits per heavy atom. The van der Waals surface area contributed by atoms with Crippen LogP contribution < -0.4 is 34.3 Å². The maximum absolute atomic E-state index is 5.49. The molecule has 242 valence electrons. The van der Waals surface area contributed by atoms with E-state index in [-0.39, 0.29) is 24.8 Å². The van der Waals surface area contributed by atoms with Gasteiger partial charge in [-0.25, -0.2) is 0 Å². The van der Waals surface area contributed by atoms with E-state index in [1.807, 2.05) is 0 Å². The predicted octanol–water partition coefficient (Wildman–Crippen LogP) is 5.76. The molecule has 2 nitrogen and oxygen atoms in total. The second-order valence-electron chi connectivity index (χ2n) is 13.6. The number of fused-ring (bicyclic) bond motifs is 3. The van der Waals surface area contributed by atoms with E-state index in [4.69, 9.17) is 9.47 Å². The molecule has 3 aliphatic carbocycles. The van der Waals surface area contributed by atoms with Gasteiger partial charge in [-0.1, -0.05) is 0 Å². The molecule has 5 heteroatoms. The van der Waals surface area contributed by atoms with Crippen LogP contribution >= 0.6 is 0 Å². The zero-order valence-electron chi connectivity index (χ0n) is 27.9. The normalized spacial score (nSPS) is 23.5. The van der Waals surface area contributed by atoms with Crippen molar-refractivity contribution < 1.29 is 50.9 Å². The second kappa shape index (κ2) is 13.6. The predicted molar refractivity (Wildman–Crippen MR) is 185 cm³/mol. The molecule has 0 radical (unpaired) electrons. The van der Waals surface area contributed by atoms with Crippen LogP contribution in [0.2, 0.25) is 8.45 Å². The number of hydrogen-bond donors (Lipinski definition) is 0. The third-order valence-electron chi connectivity index (χ3n) is 11.9. The van der Waals surface area contributed by atoms with Gasteiger partial charge in [0, 0.05) is 0 Å². The van der Waals surface area contributed by atoms with Crippen LogP contribution in [0.3, 0.4) is 0 Å². The van der Waals surface area contributed by atoms with Crippen LogP contribution in [0.5, 0.6) is 11.5 Å². The Labute approximate surface area is 296 Å². The van der Waals surface area contributed by atoms with E-state index in [1.54, 1.807) is 36.5 Å². The van der Waals surface area contributed by atoms with Crippen molar-refractivity contribution in [2.45, 2.75) is 69.3 Å². The van der Waals surface area contributed by atoms with Crippen LogP contribution in [-0.4, -0.2) is 14.2 Å². The van der Waals surface area contributed by atoms with Crippen molar-refractivity contribution in [2.75, 3.05) is 14.2 Å². The summed E-state index contributed by atoms with van der Waals surface area (Å²) in [5.74, 6) is 1.83. The fraction of sp³-hybridized carbons (Fsp3) is 0.333. The number of benzene rings is 4. The number of allylic oxidation sites excluding steroid dienone is 2. The third-order valence-corrected chi connectivity index (χ3v) is 22.7. The number of halogens is 2. The van der Waals surface area contributed by atoms with Gasteiger partial charge in [0.25, 0.3) is 0 Å². The number of rotatable bonds is 8. The van der Waals surface area contributed by atoms with Crippen molar-refractivity contribution in [1.29, 1.82) is 0 Å². The zero-order valence-corrected chi connectivity index (χ0v) is 30.9. The van der Waals surface area contributed by atoms with Crippen LogP contribution in [-0.2, 0) is 16.6 Å². The molecular formula is C42H44Cl2O2Ti. The molecule has 0 N–H and O–H groups in total. The standard InChI is InChI=1S/2C18H17O.C6H10.2ClH.Ti/c2*1-3-13-11-15-5-4-6-17(18(15)12-13)14-7-9-16(19-2)10-8-14;1-2-4-6-5-3-1;;;/h2*4-12H,3H2,1-2H3;1-2H,3-6H2;2*1H;/q;;;;;+2/p-2. The van der Waals surface area contributed by atoms with Crippen LogP contribution in [0.4, 0.5) is 0 Å². The SMILES string of the molecule is CCC1=Cc2c(-c3ccc(OC)cc3)cccc2[CH]1[Ti+2]1([CH]2C(CC)=Cc3c(-c4ccc(OC)cc4)cccc32)[CH]2CCCC[CH]21.[Cl-].[Cl-]. The van der Waals surface area contributed by atoms with Crippen LogP contribution in [0, 0.1) is 0 Å². The molecular weight excluding hydrogens is 655 g/mol. The molecule has 1 aliphatic heterocycles. The molecule has 0 spiro atoms. The first-order valence-corrected chi connectivity index (χ1v) is 20.7. The Kier molecular flexibility index (Phi) is 9.90. The molecule has 8 rings (SSSR count). The van der Waals surface area contributed by atoms with Crippen molar-refractivity contribution in [3.63, 3.8) is 0 Å². The Hall–Kier alpha value is -2.75. The smallest absolute Gasteiger partial charge is 1.00 e. The molecule has 47 heavy (non-hydrogen) atoms. The Morgan fingerprint density at radius 2 is 0.979 bits per heavy atom. The minimum Gasteiger partial charge on any atom is -1.00 e. The molecule has 4 aromatic rings. The monoisotopic (exact) mass is 698 g/mol. The van der Waals surface area contributed by atoms with Gasteiger partial charge in [-0.05, 0) is 0 Å². The molecule has 4 unspecified atom stereocenters. The summed E-state index contributed by atoms with van der Waals surface area (Å²) >= 11 is -2.66. The van der Waals surface area contributed by atoms with Gasteiger partial charge >= 0.3 is 274 Å². The number of methoxy groups -OCH3 is 2. The maximum atomic E-state index is 5.49. The molecule has 4 atom stereocenters. The van der Waals surface area contributed by atoms with E-state index >= 15 is 0 Å². The summed E-state index contributed by atoms with van der Waals surface area (Å²) in [7, 11) is 3.49. The van der Waals surface area contributed by atoms with Crippen molar-refractivity contribution >= 4 is 12.2 Å². The van der Waals surface area contributed by atoms with E-state index in [9.17, 15) is 0 Å². The molecule has 1 saturated heterocycles. The van der Waals surface area contributed by atoms with Gasteiger partial charge in [0.05, 0.1) is 0 Å². The molecule has 4 aliphatic rings. The van der Waals surface area contributed by atoms with Gasteiger partial charge < -0.3 is 24.8 Å². The van der Waals surface area contributed by atoms with Crippen LogP contribution in [0.25, 0.3) is 34.4 Å². The molecule has 1 saturated carbocycles. The average molecular weight is 700 g/mol. The Bertz CT molecular complexity index is 1690. The summed E-state index contributed by atoms with van der Waals surface area (Å²) in [5, 5.41) is 0. The summed E-state index contributed by atoms with van der Waals surface area (Å²) in [6.07, 6.45) is 13.3. The summed E-state index contributed by atoms with van der Waals surface area (Å²) in [6, 6.07) is 31.8. The van der Waals surface area contributed by atoms with Crippen molar-refractivity contribution in [1.82, 2.24) is 0 Å². The fourth-order valence-electron chi connectivity index (χ4n) is 10.0. The molecule has 0 amide bonds. The average Bonchev–Trinajstić information content (AvgIpc) is 3.38. The topological polar surface area (TPSA) is 18.5 Å². The first kappa shape index (κ1) is 34.1. The van der Waals surface area contributed by atoms with Gasteiger partial charge in [0.2, 0.25) is 0 Å². The van der Waals surface area contributed by atoms with Gasteiger partial charge in [-0.2, -0.15) is 0 Å². The van der Waals surface area contributed by atoms with Gasteiger partial charge in [-0.3, -0.25) is 0 Å². The summed E-state index contributed by atoms with van der Waals surface area (Å²) < 4.78 is 14.2. The van der Waals surface area contributed by atoms with Gasteiger partial charge in [0.1, 0.15) is 0 Å². The van der Waals surface area contributed by atoms with E-state index in [1.165, 1.54) is 59.1 Å². The van der Waals surface area contributed by atoms with E-state index < -0.39 is 16.6 Å². The third kappa shape index (κ3) is 5.26. The van der Waals surface area contributed by atoms with E-state index in [0.717, 1.165) is 32.8 Å². The molecule has 4 aromatic carbocycles. The quantitative estimate of drug-likeness (QED) is 0.218. The molecule has 0 bridgehead atoms. The number of hydrogen-bond acceptors (Lipinski definition) is 2. The summed E-state index contributed by atoms with van der Waals surface area (Å²) in [4.78, 5) is 0. The molecule has 1 heterocycles. The number of ether oxygens (including phenoxy) is 2. The van der Waals surface area contributed by atoms with Gasteiger partial charge in [-0.15, -0.1) is 0 Å². The van der Waals surface area contributed by atoms with Crippen molar-refractivity contribution in [2.24, 2.45) is 0 Å². The fourth-order valence-corrected chi connectivity index (χ4v) is 24.4. The zero-order chi connectivity index (χ0) is 30.7. The molecule has 2 fully saturated rings. The van der Waals surface area contributed by atoms with Crippen molar-refractivity contribution in [3.05, 3.63) is 118 Å². The van der Waals surface area contributed by atoms with Crippen LogP contribution in [0.15, 0.2) is 96.1 Å². The summed E-state index contributed by atoms with van der Waals surface area (Å²) in [5.41, 5.74) is 15.0. The first-order chi connectivity index (χ1) is 22.1. The van der Waals surface area contributed by atoms with E-state index in [2.05, 4.69) is 111 Å². The maximum Gasteiger partial charge on any atom is -1.00 e. The second-order valence-corrected chi connectivity index (χ2v) is 20.8. The minimum absolute atomic E-state index is 0. The van der Waals surface area contributed by atoms with Crippen LogP contribution in [0.1, 0.15) is 83.1 Å². The minimum atomic E-state index is -2.66. The molecule has 0 aromatic heterocycles. The van der Waals surface area contributed by atoms with Gasteiger partial charge in [0.15, 0.2) is 0 Å². The summed E-state index contributed by atoms with van der Waals surface area (Å²) in [6.45, 7) is 4.83.